The molecule has 0 aromatic carbocycles. The van der Waals surface area contributed by atoms with E-state index in [0.717, 1.165) is 26.1 Å². The lowest BCUT2D eigenvalue weighted by Crippen LogP contribution is -2.31. The van der Waals surface area contributed by atoms with Crippen molar-refractivity contribution in [3.05, 3.63) is 0 Å². The number of amides is 1. The Morgan fingerprint density at radius 3 is 2.73 bits per heavy atom. The quantitative estimate of drug-likeness (QED) is 0.566. The molecule has 0 aliphatic heterocycles. The van der Waals surface area contributed by atoms with Crippen LogP contribution in [0.1, 0.15) is 25.7 Å². The molecular weight excluding hydrogens is 190 g/mol. The number of hydrogen-bond donors (Lipinski definition) is 2. The maximum Gasteiger partial charge on any atom is 0.221 e. The van der Waals surface area contributed by atoms with Crippen molar-refractivity contribution >= 4 is 5.91 Å². The van der Waals surface area contributed by atoms with Gasteiger partial charge in [-0.05, 0) is 46.4 Å². The molecule has 4 nitrogen and oxygen atoms in total. The second-order valence-electron chi connectivity index (χ2n) is 4.35. The molecule has 1 rings (SSSR count). The van der Waals surface area contributed by atoms with Gasteiger partial charge in [-0.2, -0.15) is 0 Å². The van der Waals surface area contributed by atoms with Crippen LogP contribution in [0.2, 0.25) is 0 Å². The van der Waals surface area contributed by atoms with Gasteiger partial charge in [-0.25, -0.2) is 0 Å². The number of carbonyl (C=O) groups excluding carboxylic acids is 1. The van der Waals surface area contributed by atoms with E-state index < -0.39 is 0 Å². The van der Waals surface area contributed by atoms with Gasteiger partial charge in [0.2, 0.25) is 5.91 Å². The van der Waals surface area contributed by atoms with Crippen LogP contribution in [0.4, 0.5) is 0 Å². The highest BCUT2D eigenvalue weighted by Gasteiger charge is 2.22. The molecule has 2 N–H and O–H groups in total. The predicted molar refractivity (Wildman–Crippen MR) is 61.8 cm³/mol. The Hall–Kier alpha value is -0.610. The van der Waals surface area contributed by atoms with Gasteiger partial charge in [0.15, 0.2) is 0 Å². The first kappa shape index (κ1) is 12.5. The van der Waals surface area contributed by atoms with E-state index in [1.165, 1.54) is 12.8 Å². The third-order valence-electron chi connectivity index (χ3n) is 2.63. The highest BCUT2D eigenvalue weighted by atomic mass is 16.1. The van der Waals surface area contributed by atoms with Gasteiger partial charge in [0.1, 0.15) is 0 Å². The van der Waals surface area contributed by atoms with E-state index in [2.05, 4.69) is 22.6 Å². The smallest absolute Gasteiger partial charge is 0.221 e. The average Bonchev–Trinajstić information content (AvgIpc) is 2.99. The Morgan fingerprint density at radius 2 is 2.13 bits per heavy atom. The number of hydrogen-bond acceptors (Lipinski definition) is 3. The monoisotopic (exact) mass is 213 g/mol. The molecule has 0 atom stereocenters. The Morgan fingerprint density at radius 1 is 1.40 bits per heavy atom. The van der Waals surface area contributed by atoms with Crippen LogP contribution in [0.25, 0.3) is 0 Å². The van der Waals surface area contributed by atoms with Crippen molar-refractivity contribution in [3.8, 4) is 0 Å². The molecule has 0 bridgehead atoms. The molecule has 1 aliphatic carbocycles. The Kier molecular flexibility index (Phi) is 5.65. The van der Waals surface area contributed by atoms with Crippen LogP contribution in [0.5, 0.6) is 0 Å². The second kappa shape index (κ2) is 6.80. The number of nitrogens with one attached hydrogen (secondary N) is 2. The summed E-state index contributed by atoms with van der Waals surface area (Å²) < 4.78 is 0. The topological polar surface area (TPSA) is 44.4 Å². The highest BCUT2D eigenvalue weighted by molar-refractivity contribution is 5.76. The van der Waals surface area contributed by atoms with Gasteiger partial charge in [0.05, 0.1) is 0 Å². The normalized spacial score (nSPS) is 15.7. The van der Waals surface area contributed by atoms with E-state index in [1.54, 1.807) is 0 Å². The first-order chi connectivity index (χ1) is 7.22. The molecule has 0 radical (unpaired) electrons. The predicted octanol–water partition coefficient (Wildman–Crippen LogP) is 0.196. The number of carbonyl (C=O) groups is 1. The van der Waals surface area contributed by atoms with Crippen LogP contribution in [0.3, 0.4) is 0 Å². The molecule has 0 saturated heterocycles. The molecule has 0 heterocycles. The van der Waals surface area contributed by atoms with E-state index in [4.69, 9.17) is 0 Å². The third kappa shape index (κ3) is 6.47. The van der Waals surface area contributed by atoms with Crippen molar-refractivity contribution in [1.82, 2.24) is 15.5 Å². The van der Waals surface area contributed by atoms with Gasteiger partial charge < -0.3 is 15.5 Å². The minimum Gasteiger partial charge on any atom is -0.353 e. The SMILES string of the molecule is CNCCCN(C)CCC(=O)NC1CC1. The van der Waals surface area contributed by atoms with Gasteiger partial charge in [0, 0.05) is 19.0 Å². The fourth-order valence-electron chi connectivity index (χ4n) is 1.46. The summed E-state index contributed by atoms with van der Waals surface area (Å²) >= 11 is 0. The summed E-state index contributed by atoms with van der Waals surface area (Å²) in [6, 6.07) is 0.493. The fourth-order valence-corrected chi connectivity index (χ4v) is 1.46. The molecule has 0 spiro atoms. The lowest BCUT2D eigenvalue weighted by molar-refractivity contribution is -0.121. The fraction of sp³-hybridized carbons (Fsp3) is 0.909. The summed E-state index contributed by atoms with van der Waals surface area (Å²) in [6.45, 7) is 2.96. The molecule has 15 heavy (non-hydrogen) atoms. The van der Waals surface area contributed by atoms with Gasteiger partial charge in [0.25, 0.3) is 0 Å². The molecular formula is C11H23N3O. The summed E-state index contributed by atoms with van der Waals surface area (Å²) in [4.78, 5) is 13.6. The van der Waals surface area contributed by atoms with Crippen LogP contribution >= 0.6 is 0 Å². The number of rotatable bonds is 8. The van der Waals surface area contributed by atoms with Crippen LogP contribution in [0, 0.1) is 0 Å². The Labute approximate surface area is 92.4 Å². The van der Waals surface area contributed by atoms with E-state index in [9.17, 15) is 4.79 Å². The van der Waals surface area contributed by atoms with Crippen LogP contribution < -0.4 is 10.6 Å². The van der Waals surface area contributed by atoms with E-state index in [-0.39, 0.29) is 5.91 Å². The van der Waals surface area contributed by atoms with E-state index in [0.29, 0.717) is 12.5 Å². The summed E-state index contributed by atoms with van der Waals surface area (Å²) in [5, 5.41) is 6.11. The molecule has 0 aromatic rings. The van der Waals surface area contributed by atoms with Gasteiger partial charge >= 0.3 is 0 Å². The van der Waals surface area contributed by atoms with Crippen LogP contribution in [0.15, 0.2) is 0 Å². The van der Waals surface area contributed by atoms with Gasteiger partial charge in [-0.3, -0.25) is 4.79 Å². The van der Waals surface area contributed by atoms with Crippen molar-refractivity contribution in [3.63, 3.8) is 0 Å². The first-order valence-electron chi connectivity index (χ1n) is 5.85. The second-order valence-corrected chi connectivity index (χ2v) is 4.35. The summed E-state index contributed by atoms with van der Waals surface area (Å²) in [6.07, 6.45) is 4.11. The maximum absolute atomic E-state index is 11.4. The zero-order chi connectivity index (χ0) is 11.1. The Balaban J connectivity index is 1.94. The molecule has 1 amide bonds. The summed E-state index contributed by atoms with van der Waals surface area (Å²) in [5.74, 6) is 0.206. The third-order valence-corrected chi connectivity index (χ3v) is 2.63. The number of nitrogens with zero attached hydrogens (tertiary/aromatic N) is 1. The van der Waals surface area contributed by atoms with Gasteiger partial charge in [-0.1, -0.05) is 0 Å². The minimum atomic E-state index is 0.206. The molecule has 1 saturated carbocycles. The summed E-state index contributed by atoms with van der Waals surface area (Å²) in [7, 11) is 4.03. The molecule has 88 valence electrons. The lowest BCUT2D eigenvalue weighted by Gasteiger charge is -2.15. The molecule has 1 fully saturated rings. The Bertz CT molecular complexity index is 192. The zero-order valence-electron chi connectivity index (χ0n) is 9.88. The van der Waals surface area contributed by atoms with Crippen molar-refractivity contribution in [1.29, 1.82) is 0 Å². The van der Waals surface area contributed by atoms with Crippen LogP contribution in [-0.4, -0.2) is 50.6 Å². The highest BCUT2D eigenvalue weighted by Crippen LogP contribution is 2.18. The van der Waals surface area contributed by atoms with E-state index >= 15 is 0 Å². The molecule has 1 aliphatic rings. The maximum atomic E-state index is 11.4. The van der Waals surface area contributed by atoms with Crippen molar-refractivity contribution < 1.29 is 4.79 Å². The molecule has 0 aromatic heterocycles. The van der Waals surface area contributed by atoms with Crippen LogP contribution in [-0.2, 0) is 4.79 Å². The van der Waals surface area contributed by atoms with Crippen molar-refractivity contribution in [2.75, 3.05) is 33.7 Å². The molecule has 4 heteroatoms. The molecule has 0 unspecified atom stereocenters. The average molecular weight is 213 g/mol. The standard InChI is InChI=1S/C11H23N3O/c1-12-7-3-8-14(2)9-6-11(15)13-10-4-5-10/h10,12H,3-9H2,1-2H3,(H,13,15). The zero-order valence-corrected chi connectivity index (χ0v) is 9.88. The van der Waals surface area contributed by atoms with E-state index in [1.807, 2.05) is 7.05 Å². The van der Waals surface area contributed by atoms with Crippen molar-refractivity contribution in [2.45, 2.75) is 31.7 Å². The lowest BCUT2D eigenvalue weighted by atomic mass is 10.3. The summed E-state index contributed by atoms with van der Waals surface area (Å²) in [5.41, 5.74) is 0. The first-order valence-corrected chi connectivity index (χ1v) is 5.85. The van der Waals surface area contributed by atoms with Crippen molar-refractivity contribution in [2.24, 2.45) is 0 Å². The minimum absolute atomic E-state index is 0.206. The van der Waals surface area contributed by atoms with Gasteiger partial charge in [-0.15, -0.1) is 0 Å². The largest absolute Gasteiger partial charge is 0.353 e.